The summed E-state index contributed by atoms with van der Waals surface area (Å²) in [5, 5.41) is 10.5. The number of benzene rings is 2. The molecule has 2 unspecified atom stereocenters. The molecule has 0 aromatic heterocycles. The maximum Gasteiger partial charge on any atom is 0.310 e. The van der Waals surface area contributed by atoms with E-state index in [9.17, 15) is 19.5 Å². The largest absolute Gasteiger partial charge is 0.466 e. The van der Waals surface area contributed by atoms with E-state index in [4.69, 9.17) is 4.74 Å². The molecule has 0 aliphatic carbocycles. The molecule has 2 aromatic carbocycles. The maximum atomic E-state index is 14.6. The first-order valence-corrected chi connectivity index (χ1v) is 14.6. The molecule has 6 atom stereocenters. The topological polar surface area (TPSA) is 87.2 Å². The molecule has 7 nitrogen and oxygen atoms in total. The van der Waals surface area contributed by atoms with Gasteiger partial charge in [-0.3, -0.25) is 14.4 Å². The number of fused-ring (bicyclic) bond motifs is 1. The van der Waals surface area contributed by atoms with Gasteiger partial charge in [-0.25, -0.2) is 0 Å². The summed E-state index contributed by atoms with van der Waals surface area (Å²) in [6.45, 7) is 6.30. The Morgan fingerprint density at radius 3 is 2.46 bits per heavy atom. The van der Waals surface area contributed by atoms with Gasteiger partial charge in [-0.2, -0.15) is 0 Å². The average molecular weight is 549 g/mol. The summed E-state index contributed by atoms with van der Waals surface area (Å²) in [4.78, 5) is 45.4. The van der Waals surface area contributed by atoms with Gasteiger partial charge in [0.15, 0.2) is 0 Å². The number of likely N-dealkylation sites (tertiary alicyclic amines) is 1. The quantitative estimate of drug-likeness (QED) is 0.342. The average Bonchev–Trinajstić information content (AvgIpc) is 3.60. The molecule has 2 amide bonds. The minimum absolute atomic E-state index is 0.0564. The highest BCUT2D eigenvalue weighted by atomic mass is 32.2. The minimum atomic E-state index is -0.797. The highest BCUT2D eigenvalue weighted by Crippen LogP contribution is 2.67. The molecule has 1 spiro atoms. The van der Waals surface area contributed by atoms with E-state index in [0.717, 1.165) is 17.5 Å². The normalized spacial score (nSPS) is 27.7. The number of rotatable bonds is 11. The second-order valence-electron chi connectivity index (χ2n) is 10.6. The zero-order chi connectivity index (χ0) is 27.6. The SMILES string of the molecule is C=CCN(Cc1ccccc1)C(=O)C1N([C@@H](CO)Cc2ccccc2)C(=O)[C@@H]2[C@H](C(=O)OCC)[C@@H]3CCC12S3. The van der Waals surface area contributed by atoms with E-state index in [1.54, 1.807) is 34.6 Å². The highest BCUT2D eigenvalue weighted by Gasteiger charge is 2.74. The molecule has 3 aliphatic rings. The van der Waals surface area contributed by atoms with Crippen LogP contribution in [-0.4, -0.2) is 74.5 Å². The van der Waals surface area contributed by atoms with E-state index in [-0.39, 0.29) is 36.2 Å². The predicted molar refractivity (Wildman–Crippen MR) is 151 cm³/mol. The third kappa shape index (κ3) is 4.89. The second kappa shape index (κ2) is 11.6. The van der Waals surface area contributed by atoms with Gasteiger partial charge in [-0.15, -0.1) is 18.3 Å². The Kier molecular flexibility index (Phi) is 8.14. The molecule has 0 saturated carbocycles. The molecule has 5 rings (SSSR count). The van der Waals surface area contributed by atoms with Crippen LogP contribution in [0.1, 0.15) is 30.9 Å². The van der Waals surface area contributed by atoms with Crippen LogP contribution in [0.25, 0.3) is 0 Å². The Bertz CT molecular complexity index is 1210. The van der Waals surface area contributed by atoms with Crippen LogP contribution in [0.5, 0.6) is 0 Å². The molecular weight excluding hydrogens is 512 g/mol. The molecule has 3 saturated heterocycles. The van der Waals surface area contributed by atoms with E-state index >= 15 is 0 Å². The molecule has 206 valence electrons. The van der Waals surface area contributed by atoms with Crippen LogP contribution in [0.2, 0.25) is 0 Å². The molecule has 3 aliphatic heterocycles. The van der Waals surface area contributed by atoms with Crippen LogP contribution >= 0.6 is 11.8 Å². The zero-order valence-electron chi connectivity index (χ0n) is 22.3. The lowest BCUT2D eigenvalue weighted by Crippen LogP contribution is -2.57. The molecule has 2 aromatic rings. The van der Waals surface area contributed by atoms with Crippen molar-refractivity contribution in [2.45, 2.75) is 54.8 Å². The lowest BCUT2D eigenvalue weighted by Gasteiger charge is -2.39. The van der Waals surface area contributed by atoms with Crippen LogP contribution in [0.15, 0.2) is 73.3 Å². The van der Waals surface area contributed by atoms with Gasteiger partial charge in [0.2, 0.25) is 11.8 Å². The number of carbonyl (C=O) groups is 3. The number of aliphatic hydroxyl groups excluding tert-OH is 1. The van der Waals surface area contributed by atoms with Gasteiger partial charge in [0.1, 0.15) is 6.04 Å². The predicted octanol–water partition coefficient (Wildman–Crippen LogP) is 3.46. The number of nitrogens with zero attached hydrogens (tertiary/aromatic N) is 2. The summed E-state index contributed by atoms with van der Waals surface area (Å²) in [5.74, 6) is -2.00. The maximum absolute atomic E-state index is 14.6. The van der Waals surface area contributed by atoms with Crippen molar-refractivity contribution in [3.8, 4) is 0 Å². The van der Waals surface area contributed by atoms with E-state index in [2.05, 4.69) is 6.58 Å². The van der Waals surface area contributed by atoms with Crippen molar-refractivity contribution < 1.29 is 24.2 Å². The minimum Gasteiger partial charge on any atom is -0.466 e. The van der Waals surface area contributed by atoms with E-state index < -0.39 is 28.7 Å². The Hall–Kier alpha value is -3.10. The fraction of sp³-hybridized carbons (Fsp3) is 0.452. The van der Waals surface area contributed by atoms with Crippen LogP contribution < -0.4 is 0 Å². The summed E-state index contributed by atoms with van der Waals surface area (Å²) < 4.78 is 4.69. The van der Waals surface area contributed by atoms with Gasteiger partial charge in [-0.05, 0) is 37.3 Å². The molecule has 1 N–H and O–H groups in total. The number of hydrogen-bond acceptors (Lipinski definition) is 6. The van der Waals surface area contributed by atoms with Crippen LogP contribution in [0, 0.1) is 11.8 Å². The molecular formula is C31H36N2O5S. The highest BCUT2D eigenvalue weighted by molar-refractivity contribution is 8.02. The van der Waals surface area contributed by atoms with Crippen molar-refractivity contribution in [2.24, 2.45) is 11.8 Å². The molecule has 8 heteroatoms. The fourth-order valence-electron chi connectivity index (χ4n) is 6.77. The number of thioether (sulfide) groups is 1. The van der Waals surface area contributed by atoms with Gasteiger partial charge < -0.3 is 19.6 Å². The first kappa shape index (κ1) is 27.5. The molecule has 39 heavy (non-hydrogen) atoms. The smallest absolute Gasteiger partial charge is 0.310 e. The van der Waals surface area contributed by atoms with Gasteiger partial charge in [-0.1, -0.05) is 66.7 Å². The van der Waals surface area contributed by atoms with Crippen molar-refractivity contribution >= 4 is 29.5 Å². The van der Waals surface area contributed by atoms with Crippen LogP contribution in [-0.2, 0) is 32.1 Å². The lowest BCUT2D eigenvalue weighted by atomic mass is 9.71. The van der Waals surface area contributed by atoms with Crippen LogP contribution in [0.4, 0.5) is 0 Å². The van der Waals surface area contributed by atoms with Crippen molar-refractivity contribution in [1.82, 2.24) is 9.80 Å². The lowest BCUT2D eigenvalue weighted by molar-refractivity contribution is -0.154. The van der Waals surface area contributed by atoms with Crippen molar-refractivity contribution in [3.05, 3.63) is 84.4 Å². The first-order valence-electron chi connectivity index (χ1n) is 13.7. The summed E-state index contributed by atoms with van der Waals surface area (Å²) in [5.41, 5.74) is 1.95. The number of ether oxygens (including phenoxy) is 1. The third-order valence-corrected chi connectivity index (χ3v) is 10.3. The molecule has 3 fully saturated rings. The number of esters is 1. The Balaban J connectivity index is 1.56. The summed E-state index contributed by atoms with van der Waals surface area (Å²) in [7, 11) is 0. The van der Waals surface area contributed by atoms with Crippen molar-refractivity contribution in [3.63, 3.8) is 0 Å². The number of hydrogen-bond donors (Lipinski definition) is 1. The molecule has 2 bridgehead atoms. The first-order chi connectivity index (χ1) is 18.9. The fourth-order valence-corrected chi connectivity index (χ4v) is 8.96. The number of amides is 2. The zero-order valence-corrected chi connectivity index (χ0v) is 23.1. The third-order valence-electron chi connectivity index (χ3n) is 8.33. The molecule has 3 heterocycles. The monoisotopic (exact) mass is 548 g/mol. The van der Waals surface area contributed by atoms with E-state index in [1.807, 2.05) is 60.7 Å². The standard InChI is InChI=1S/C31H36N2O5S/c1-3-17-32(19-22-13-9-6-10-14-22)29(36)27-31-16-15-24(39-31)25(30(37)38-4-2)26(31)28(35)33(27)23(20-34)18-21-11-7-5-8-12-21/h3,5-14,23-27,34H,1,4,15-20H2,2H3/t23-,24+,25-,26+,27?,31?/m1/s1. The van der Waals surface area contributed by atoms with Crippen molar-refractivity contribution in [1.29, 1.82) is 0 Å². The number of aliphatic hydroxyl groups is 1. The van der Waals surface area contributed by atoms with Gasteiger partial charge in [0, 0.05) is 18.3 Å². The summed E-state index contributed by atoms with van der Waals surface area (Å²) >= 11 is 1.61. The number of carbonyl (C=O) groups excluding carboxylic acids is 3. The van der Waals surface area contributed by atoms with E-state index in [0.29, 0.717) is 25.9 Å². The van der Waals surface area contributed by atoms with Gasteiger partial charge in [0.25, 0.3) is 0 Å². The second-order valence-corrected chi connectivity index (χ2v) is 12.2. The van der Waals surface area contributed by atoms with Crippen molar-refractivity contribution in [2.75, 3.05) is 19.8 Å². The Labute approximate surface area is 234 Å². The van der Waals surface area contributed by atoms with E-state index in [1.165, 1.54) is 0 Å². The van der Waals surface area contributed by atoms with Crippen LogP contribution in [0.3, 0.4) is 0 Å². The molecule has 0 radical (unpaired) electrons. The summed E-state index contributed by atoms with van der Waals surface area (Å²) in [6, 6.07) is 18.0. The summed E-state index contributed by atoms with van der Waals surface area (Å²) in [6.07, 6.45) is 3.52. The Morgan fingerprint density at radius 1 is 1.18 bits per heavy atom. The van der Waals surface area contributed by atoms with Gasteiger partial charge in [0.05, 0.1) is 35.8 Å². The van der Waals surface area contributed by atoms with Gasteiger partial charge >= 0.3 is 5.97 Å². The Morgan fingerprint density at radius 2 is 1.85 bits per heavy atom.